The van der Waals surface area contributed by atoms with Crippen LogP contribution in [0.15, 0.2) is 24.3 Å². The molecule has 1 aromatic carbocycles. The van der Waals surface area contributed by atoms with E-state index < -0.39 is 0 Å². The molecule has 0 bridgehead atoms. The van der Waals surface area contributed by atoms with Crippen molar-refractivity contribution >= 4 is 27.4 Å². The second-order valence-electron chi connectivity index (χ2n) is 4.24. The van der Waals surface area contributed by atoms with Crippen LogP contribution in [0.3, 0.4) is 0 Å². The third-order valence-electron chi connectivity index (χ3n) is 3.05. The first kappa shape index (κ1) is 10.1. The highest BCUT2D eigenvalue weighted by molar-refractivity contribution is 7.13. The highest BCUT2D eigenvalue weighted by Gasteiger charge is 2.21. The zero-order chi connectivity index (χ0) is 11.0. The van der Waals surface area contributed by atoms with Crippen LogP contribution in [0.4, 0.5) is 5.82 Å². The van der Waals surface area contributed by atoms with Crippen molar-refractivity contribution in [2.24, 2.45) is 0 Å². The van der Waals surface area contributed by atoms with E-state index in [9.17, 15) is 5.11 Å². The molecule has 1 aliphatic heterocycles. The lowest BCUT2D eigenvalue weighted by atomic mass is 10.1. The van der Waals surface area contributed by atoms with Gasteiger partial charge in [0.1, 0.15) is 5.82 Å². The van der Waals surface area contributed by atoms with Gasteiger partial charge in [-0.15, -0.1) is 0 Å². The highest BCUT2D eigenvalue weighted by Crippen LogP contribution is 2.30. The molecule has 2 heterocycles. The van der Waals surface area contributed by atoms with E-state index in [0.717, 1.165) is 25.2 Å². The van der Waals surface area contributed by atoms with Crippen LogP contribution >= 0.6 is 11.5 Å². The van der Waals surface area contributed by atoms with Crippen molar-refractivity contribution in [3.63, 3.8) is 0 Å². The molecular weight excluding hydrogens is 220 g/mol. The van der Waals surface area contributed by atoms with Gasteiger partial charge < -0.3 is 10.0 Å². The van der Waals surface area contributed by atoms with Crippen LogP contribution < -0.4 is 4.90 Å². The number of fused-ring (bicyclic) bond motifs is 1. The van der Waals surface area contributed by atoms with E-state index in [-0.39, 0.29) is 6.10 Å². The molecule has 1 aliphatic rings. The maximum absolute atomic E-state index is 9.68. The van der Waals surface area contributed by atoms with Gasteiger partial charge in [0.05, 0.1) is 10.8 Å². The monoisotopic (exact) mass is 234 g/mol. The SMILES string of the molecule is O[C@@H]1CCCN(c2nsc3ccccc23)C1. The second-order valence-corrected chi connectivity index (χ2v) is 5.05. The average molecular weight is 234 g/mol. The maximum Gasteiger partial charge on any atom is 0.150 e. The van der Waals surface area contributed by atoms with Crippen molar-refractivity contribution in [1.82, 2.24) is 4.37 Å². The largest absolute Gasteiger partial charge is 0.391 e. The lowest BCUT2D eigenvalue weighted by Crippen LogP contribution is -2.38. The number of aliphatic hydroxyl groups excluding tert-OH is 1. The van der Waals surface area contributed by atoms with E-state index in [2.05, 4.69) is 21.4 Å². The summed E-state index contributed by atoms with van der Waals surface area (Å²) in [5.41, 5.74) is 0. The Balaban J connectivity index is 1.99. The van der Waals surface area contributed by atoms with Gasteiger partial charge in [0.2, 0.25) is 0 Å². The van der Waals surface area contributed by atoms with Gasteiger partial charge in [0.25, 0.3) is 0 Å². The molecule has 1 saturated heterocycles. The smallest absolute Gasteiger partial charge is 0.150 e. The van der Waals surface area contributed by atoms with Crippen LogP contribution in [0, 0.1) is 0 Å². The molecule has 2 aromatic rings. The predicted molar refractivity (Wildman–Crippen MR) is 67.1 cm³/mol. The third-order valence-corrected chi connectivity index (χ3v) is 3.87. The molecule has 0 radical (unpaired) electrons. The Kier molecular flexibility index (Phi) is 2.53. The molecule has 1 N–H and O–H groups in total. The minimum atomic E-state index is -0.200. The lowest BCUT2D eigenvalue weighted by molar-refractivity contribution is 0.154. The quantitative estimate of drug-likeness (QED) is 0.822. The van der Waals surface area contributed by atoms with Gasteiger partial charge in [0, 0.05) is 18.5 Å². The molecule has 3 nitrogen and oxygen atoms in total. The van der Waals surface area contributed by atoms with Crippen LogP contribution in [-0.4, -0.2) is 28.7 Å². The van der Waals surface area contributed by atoms with Gasteiger partial charge in [-0.05, 0) is 36.5 Å². The Labute approximate surface area is 98.5 Å². The molecule has 0 aliphatic carbocycles. The fourth-order valence-corrected chi connectivity index (χ4v) is 3.04. The molecule has 1 aromatic heterocycles. The number of benzene rings is 1. The van der Waals surface area contributed by atoms with Crippen molar-refractivity contribution in [3.8, 4) is 0 Å². The molecule has 0 saturated carbocycles. The summed E-state index contributed by atoms with van der Waals surface area (Å²) in [6.07, 6.45) is 1.76. The van der Waals surface area contributed by atoms with E-state index in [1.165, 1.54) is 21.6 Å². The second kappa shape index (κ2) is 4.03. The van der Waals surface area contributed by atoms with Gasteiger partial charge in [-0.25, -0.2) is 0 Å². The standard InChI is InChI=1S/C12H14N2OS/c15-9-4-3-7-14(8-9)12-10-5-1-2-6-11(10)16-13-12/h1-2,5-6,9,15H,3-4,7-8H2/t9-/m1/s1. The van der Waals surface area contributed by atoms with Crippen LogP contribution in [-0.2, 0) is 0 Å². The summed E-state index contributed by atoms with van der Waals surface area (Å²) in [5, 5.41) is 10.9. The Hall–Kier alpha value is -1.13. The predicted octanol–water partition coefficient (Wildman–Crippen LogP) is 2.26. The van der Waals surface area contributed by atoms with Gasteiger partial charge in [-0.3, -0.25) is 0 Å². The van der Waals surface area contributed by atoms with Crippen LogP contribution in [0.5, 0.6) is 0 Å². The van der Waals surface area contributed by atoms with E-state index in [4.69, 9.17) is 0 Å². The molecule has 3 rings (SSSR count). The maximum atomic E-state index is 9.68. The van der Waals surface area contributed by atoms with E-state index in [0.29, 0.717) is 6.54 Å². The van der Waals surface area contributed by atoms with Gasteiger partial charge >= 0.3 is 0 Å². The number of aliphatic hydroxyl groups is 1. The summed E-state index contributed by atoms with van der Waals surface area (Å²) in [7, 11) is 0. The first-order valence-corrected chi connectivity index (χ1v) is 6.39. The van der Waals surface area contributed by atoms with Crippen molar-refractivity contribution < 1.29 is 5.11 Å². The Morgan fingerprint density at radius 1 is 1.38 bits per heavy atom. The topological polar surface area (TPSA) is 36.4 Å². The molecule has 16 heavy (non-hydrogen) atoms. The zero-order valence-electron chi connectivity index (χ0n) is 8.97. The van der Waals surface area contributed by atoms with E-state index in [1.807, 2.05) is 12.1 Å². The summed E-state index contributed by atoms with van der Waals surface area (Å²) in [5.74, 6) is 1.04. The summed E-state index contributed by atoms with van der Waals surface area (Å²) < 4.78 is 5.73. The minimum absolute atomic E-state index is 0.200. The number of hydrogen-bond acceptors (Lipinski definition) is 4. The molecule has 0 spiro atoms. The fraction of sp³-hybridized carbons (Fsp3) is 0.417. The van der Waals surface area contributed by atoms with E-state index >= 15 is 0 Å². The summed E-state index contributed by atoms with van der Waals surface area (Å²) in [4.78, 5) is 2.20. The van der Waals surface area contributed by atoms with Crippen molar-refractivity contribution in [2.45, 2.75) is 18.9 Å². The first-order valence-electron chi connectivity index (χ1n) is 5.62. The van der Waals surface area contributed by atoms with Crippen molar-refractivity contribution in [3.05, 3.63) is 24.3 Å². The molecule has 1 atom stereocenters. The van der Waals surface area contributed by atoms with Crippen molar-refractivity contribution in [1.29, 1.82) is 0 Å². The summed E-state index contributed by atoms with van der Waals surface area (Å²) in [6, 6.07) is 8.28. The number of aromatic nitrogens is 1. The lowest BCUT2D eigenvalue weighted by Gasteiger charge is -2.30. The molecule has 4 heteroatoms. The number of hydrogen-bond donors (Lipinski definition) is 1. The van der Waals surface area contributed by atoms with Gasteiger partial charge in [0.15, 0.2) is 0 Å². The normalized spacial score (nSPS) is 21.6. The number of nitrogens with zero attached hydrogens (tertiary/aromatic N) is 2. The minimum Gasteiger partial charge on any atom is -0.391 e. The third kappa shape index (κ3) is 1.68. The number of β-amino-alcohol motifs (C(OH)–C–C–N with tert-alkyl or cyclic N) is 1. The Morgan fingerprint density at radius 3 is 3.12 bits per heavy atom. The zero-order valence-corrected chi connectivity index (χ0v) is 9.78. The number of anilines is 1. The molecular formula is C12H14N2OS. The number of rotatable bonds is 1. The Morgan fingerprint density at radius 2 is 2.25 bits per heavy atom. The highest BCUT2D eigenvalue weighted by atomic mass is 32.1. The average Bonchev–Trinajstić information content (AvgIpc) is 2.72. The molecule has 0 amide bonds. The summed E-state index contributed by atoms with van der Waals surface area (Å²) >= 11 is 1.54. The van der Waals surface area contributed by atoms with Gasteiger partial charge in [-0.2, -0.15) is 4.37 Å². The first-order chi connectivity index (χ1) is 7.84. The molecule has 1 fully saturated rings. The van der Waals surface area contributed by atoms with Crippen LogP contribution in [0.25, 0.3) is 10.1 Å². The molecule has 84 valence electrons. The fourth-order valence-electron chi connectivity index (χ4n) is 2.25. The Bertz CT molecular complexity index is 496. The number of piperidine rings is 1. The van der Waals surface area contributed by atoms with E-state index in [1.54, 1.807) is 0 Å². The van der Waals surface area contributed by atoms with Crippen LogP contribution in [0.1, 0.15) is 12.8 Å². The summed E-state index contributed by atoms with van der Waals surface area (Å²) in [6.45, 7) is 1.72. The van der Waals surface area contributed by atoms with Crippen molar-refractivity contribution in [2.75, 3.05) is 18.0 Å². The van der Waals surface area contributed by atoms with Gasteiger partial charge in [-0.1, -0.05) is 12.1 Å². The molecule has 0 unspecified atom stereocenters. The van der Waals surface area contributed by atoms with Crippen LogP contribution in [0.2, 0.25) is 0 Å².